The van der Waals surface area contributed by atoms with E-state index in [9.17, 15) is 4.79 Å². The number of carbonyl (C=O) groups is 1. The van der Waals surface area contributed by atoms with Crippen LogP contribution in [0, 0.1) is 10.5 Å². The Morgan fingerprint density at radius 3 is 2.69 bits per heavy atom. The Hall–Kier alpha value is -1.81. The molecule has 0 aliphatic carbocycles. The van der Waals surface area contributed by atoms with Crippen molar-refractivity contribution < 1.29 is 14.3 Å². The number of carbonyl (C=O) groups excluding carboxylic acids is 1. The van der Waals surface area contributed by atoms with Crippen LogP contribution in [0.4, 0.5) is 5.69 Å². The van der Waals surface area contributed by atoms with Crippen LogP contribution in [0.25, 0.3) is 0 Å². The summed E-state index contributed by atoms with van der Waals surface area (Å²) in [4.78, 5) is 11.9. The molecular formula is C18H19BrIN3O3. The van der Waals surface area contributed by atoms with Crippen LogP contribution in [0.1, 0.15) is 11.1 Å². The molecule has 26 heavy (non-hydrogen) atoms. The molecule has 8 heteroatoms. The molecule has 0 radical (unpaired) electrons. The molecule has 0 unspecified atom stereocenters. The molecule has 2 aromatic carbocycles. The first-order valence-electron chi connectivity index (χ1n) is 7.68. The maximum atomic E-state index is 11.9. The molecule has 0 saturated carbocycles. The Labute approximate surface area is 174 Å². The second-order valence-corrected chi connectivity index (χ2v) is 7.37. The summed E-state index contributed by atoms with van der Waals surface area (Å²) >= 11 is 5.69. The number of aryl methyl sites for hydroxylation is 1. The predicted molar refractivity (Wildman–Crippen MR) is 115 cm³/mol. The molecule has 2 aromatic rings. The number of nitrogens with one attached hydrogen (secondary N) is 2. The number of methoxy groups -OCH3 is 2. The molecule has 0 atom stereocenters. The summed E-state index contributed by atoms with van der Waals surface area (Å²) in [6.45, 7) is 2.16. The lowest BCUT2D eigenvalue weighted by atomic mass is 10.2. The molecule has 0 heterocycles. The zero-order chi connectivity index (χ0) is 19.1. The second kappa shape index (κ2) is 9.77. The Bertz CT molecular complexity index is 828. The number of nitrogens with zero attached hydrogens (tertiary/aromatic N) is 1. The highest BCUT2D eigenvalue weighted by Crippen LogP contribution is 2.35. The van der Waals surface area contributed by atoms with Gasteiger partial charge in [0.05, 0.1) is 31.5 Å². The number of ether oxygens (including phenoxy) is 2. The zero-order valence-electron chi connectivity index (χ0n) is 14.6. The number of hydrazone groups is 1. The van der Waals surface area contributed by atoms with Crippen LogP contribution in [0.2, 0.25) is 0 Å². The van der Waals surface area contributed by atoms with Crippen LogP contribution in [0.15, 0.2) is 39.9 Å². The van der Waals surface area contributed by atoms with Crippen LogP contribution >= 0.6 is 38.5 Å². The maximum absolute atomic E-state index is 11.9. The van der Waals surface area contributed by atoms with E-state index in [1.165, 1.54) is 3.57 Å². The molecule has 0 fully saturated rings. The highest BCUT2D eigenvalue weighted by molar-refractivity contribution is 14.1. The molecule has 0 aliphatic rings. The zero-order valence-corrected chi connectivity index (χ0v) is 18.3. The predicted octanol–water partition coefficient (Wildman–Crippen LogP) is 3.94. The van der Waals surface area contributed by atoms with Crippen LogP contribution in [0.3, 0.4) is 0 Å². The topological polar surface area (TPSA) is 72.0 Å². The van der Waals surface area contributed by atoms with Gasteiger partial charge in [0.25, 0.3) is 5.91 Å². The van der Waals surface area contributed by atoms with E-state index in [2.05, 4.69) is 54.4 Å². The third-order valence-corrected chi connectivity index (χ3v) is 5.27. The summed E-state index contributed by atoms with van der Waals surface area (Å²) in [5.74, 6) is 0.938. The number of hydrogen-bond donors (Lipinski definition) is 2. The van der Waals surface area contributed by atoms with E-state index in [-0.39, 0.29) is 12.5 Å². The van der Waals surface area contributed by atoms with Crippen molar-refractivity contribution in [3.8, 4) is 11.5 Å². The lowest BCUT2D eigenvalue weighted by molar-refractivity contribution is -0.119. The number of amides is 1. The average molecular weight is 532 g/mol. The number of hydrogen-bond acceptors (Lipinski definition) is 5. The van der Waals surface area contributed by atoms with Gasteiger partial charge in [-0.05, 0) is 86.9 Å². The second-order valence-electron chi connectivity index (χ2n) is 5.35. The van der Waals surface area contributed by atoms with Gasteiger partial charge in [0, 0.05) is 9.26 Å². The Kier molecular flexibility index (Phi) is 7.70. The van der Waals surface area contributed by atoms with Gasteiger partial charge >= 0.3 is 0 Å². The smallest absolute Gasteiger partial charge is 0.259 e. The van der Waals surface area contributed by atoms with Crippen molar-refractivity contribution in [1.82, 2.24) is 5.43 Å². The fraction of sp³-hybridized carbons (Fsp3) is 0.222. The Balaban J connectivity index is 1.92. The lowest BCUT2D eigenvalue weighted by Crippen LogP contribution is -2.25. The van der Waals surface area contributed by atoms with Crippen molar-refractivity contribution in [2.45, 2.75) is 6.92 Å². The molecule has 6 nitrogen and oxygen atoms in total. The molecule has 0 bridgehead atoms. The van der Waals surface area contributed by atoms with E-state index in [0.717, 1.165) is 21.3 Å². The number of rotatable bonds is 7. The molecule has 1 amide bonds. The first kappa shape index (κ1) is 20.5. The van der Waals surface area contributed by atoms with Gasteiger partial charge in [-0.2, -0.15) is 5.10 Å². The van der Waals surface area contributed by atoms with Gasteiger partial charge in [0.15, 0.2) is 11.5 Å². The van der Waals surface area contributed by atoms with Crippen molar-refractivity contribution in [2.24, 2.45) is 5.10 Å². The first-order chi connectivity index (χ1) is 12.4. The molecule has 0 spiro atoms. The molecule has 2 N–H and O–H groups in total. The molecule has 138 valence electrons. The van der Waals surface area contributed by atoms with E-state index in [1.54, 1.807) is 26.5 Å². The summed E-state index contributed by atoms with van der Waals surface area (Å²) in [6, 6.07) is 9.53. The van der Waals surface area contributed by atoms with E-state index < -0.39 is 0 Å². The van der Waals surface area contributed by atoms with Crippen molar-refractivity contribution in [2.75, 3.05) is 26.1 Å². The summed E-state index contributed by atoms with van der Waals surface area (Å²) < 4.78 is 12.5. The van der Waals surface area contributed by atoms with Crippen LogP contribution in [-0.2, 0) is 4.79 Å². The van der Waals surface area contributed by atoms with Gasteiger partial charge < -0.3 is 14.8 Å². The van der Waals surface area contributed by atoms with E-state index in [1.807, 2.05) is 31.2 Å². The molecule has 0 aromatic heterocycles. The van der Waals surface area contributed by atoms with Gasteiger partial charge in [-0.25, -0.2) is 5.43 Å². The SMILES string of the molecule is COc1cc(C=NNC(=O)CNc2ccc(I)c(C)c2)cc(Br)c1OC. The van der Waals surface area contributed by atoms with Crippen LogP contribution in [-0.4, -0.2) is 32.9 Å². The van der Waals surface area contributed by atoms with Crippen molar-refractivity contribution in [3.05, 3.63) is 49.5 Å². The third kappa shape index (κ3) is 5.60. The Morgan fingerprint density at radius 1 is 1.27 bits per heavy atom. The van der Waals surface area contributed by atoms with Gasteiger partial charge in [0.1, 0.15) is 0 Å². The minimum atomic E-state index is -0.239. The van der Waals surface area contributed by atoms with Crippen molar-refractivity contribution >= 4 is 56.3 Å². The fourth-order valence-corrected chi connectivity index (χ4v) is 3.12. The van der Waals surface area contributed by atoms with Gasteiger partial charge in [0.2, 0.25) is 0 Å². The number of benzene rings is 2. The maximum Gasteiger partial charge on any atom is 0.259 e. The first-order valence-corrected chi connectivity index (χ1v) is 9.55. The highest BCUT2D eigenvalue weighted by Gasteiger charge is 2.09. The molecule has 2 rings (SSSR count). The van der Waals surface area contributed by atoms with Crippen molar-refractivity contribution in [1.29, 1.82) is 0 Å². The monoisotopic (exact) mass is 531 g/mol. The van der Waals surface area contributed by atoms with Gasteiger partial charge in [-0.3, -0.25) is 4.79 Å². The summed E-state index contributed by atoms with van der Waals surface area (Å²) in [6.07, 6.45) is 1.54. The summed E-state index contributed by atoms with van der Waals surface area (Å²) in [7, 11) is 3.13. The molecular weight excluding hydrogens is 513 g/mol. The summed E-state index contributed by atoms with van der Waals surface area (Å²) in [5.41, 5.74) is 5.31. The average Bonchev–Trinajstić information content (AvgIpc) is 2.62. The normalized spacial score (nSPS) is 10.7. The lowest BCUT2D eigenvalue weighted by Gasteiger charge is -2.10. The van der Waals surface area contributed by atoms with Crippen LogP contribution < -0.4 is 20.2 Å². The Morgan fingerprint density at radius 2 is 2.04 bits per heavy atom. The standard InChI is InChI=1S/C18H19BrIN3O3/c1-11-6-13(4-5-15(11)20)21-10-17(24)23-22-9-12-7-14(19)18(26-3)16(8-12)25-2/h4-9,21H,10H2,1-3H3,(H,23,24). The largest absolute Gasteiger partial charge is 0.493 e. The molecule has 0 saturated heterocycles. The minimum absolute atomic E-state index is 0.132. The van der Waals surface area contributed by atoms with Crippen LogP contribution in [0.5, 0.6) is 11.5 Å². The quantitative estimate of drug-likeness (QED) is 0.322. The van der Waals surface area contributed by atoms with Crippen molar-refractivity contribution in [3.63, 3.8) is 0 Å². The van der Waals surface area contributed by atoms with Gasteiger partial charge in [-0.15, -0.1) is 0 Å². The summed E-state index contributed by atoms with van der Waals surface area (Å²) in [5, 5.41) is 7.04. The van der Waals surface area contributed by atoms with Gasteiger partial charge in [-0.1, -0.05) is 0 Å². The van der Waals surface area contributed by atoms with E-state index in [0.29, 0.717) is 11.5 Å². The number of halogens is 2. The highest BCUT2D eigenvalue weighted by atomic mass is 127. The van der Waals surface area contributed by atoms with E-state index >= 15 is 0 Å². The molecule has 0 aliphatic heterocycles. The van der Waals surface area contributed by atoms with E-state index in [4.69, 9.17) is 9.47 Å². The number of anilines is 1. The third-order valence-electron chi connectivity index (χ3n) is 3.47. The minimum Gasteiger partial charge on any atom is -0.493 e. The fourth-order valence-electron chi connectivity index (χ4n) is 2.17.